The number of anilines is 2. The van der Waals surface area contributed by atoms with Gasteiger partial charge in [0.25, 0.3) is 5.91 Å². The summed E-state index contributed by atoms with van der Waals surface area (Å²) in [4.78, 5) is 12.5. The average molecular weight is 413 g/mol. The molecule has 0 heterocycles. The number of carbonyl (C=O) groups excluding carboxylic acids is 1. The van der Waals surface area contributed by atoms with Crippen molar-refractivity contribution in [3.05, 3.63) is 56.0 Å². The maximum Gasteiger partial charge on any atom is 0.257 e. The molecule has 0 aliphatic rings. The van der Waals surface area contributed by atoms with Crippen molar-refractivity contribution in [3.8, 4) is 0 Å². The van der Waals surface area contributed by atoms with Crippen molar-refractivity contribution in [1.82, 2.24) is 0 Å². The van der Waals surface area contributed by atoms with Crippen LogP contribution in [0.3, 0.4) is 0 Å². The van der Waals surface area contributed by atoms with Gasteiger partial charge in [-0.3, -0.25) is 10.6 Å². The fourth-order valence-electron chi connectivity index (χ4n) is 1.97. The maximum absolute atomic E-state index is 12.5. The van der Waals surface area contributed by atoms with E-state index in [9.17, 15) is 4.79 Å². The SMILES string of the molecule is Cc1cc(Br)c(NC(=O)c2cc(C)ccc2NN)c(Br)c1. The van der Waals surface area contributed by atoms with Gasteiger partial charge in [-0.1, -0.05) is 11.6 Å². The fraction of sp³-hybridized carbons (Fsp3) is 0.133. The molecule has 0 saturated heterocycles. The van der Waals surface area contributed by atoms with Crippen LogP contribution in [0.5, 0.6) is 0 Å². The summed E-state index contributed by atoms with van der Waals surface area (Å²) >= 11 is 6.93. The number of nitrogen functional groups attached to an aromatic ring is 1. The second kappa shape index (κ2) is 6.60. The Bertz CT molecular complexity index is 678. The zero-order valence-electron chi connectivity index (χ0n) is 11.6. The zero-order chi connectivity index (χ0) is 15.6. The first kappa shape index (κ1) is 16.0. The van der Waals surface area contributed by atoms with Crippen LogP contribution in [0.4, 0.5) is 11.4 Å². The van der Waals surface area contributed by atoms with Crippen LogP contribution >= 0.6 is 31.9 Å². The Morgan fingerprint density at radius 3 is 2.24 bits per heavy atom. The Balaban J connectivity index is 2.37. The van der Waals surface area contributed by atoms with Crippen LogP contribution in [0.2, 0.25) is 0 Å². The predicted octanol–water partition coefficient (Wildman–Crippen LogP) is 4.37. The second-order valence-electron chi connectivity index (χ2n) is 4.75. The molecule has 21 heavy (non-hydrogen) atoms. The van der Waals surface area contributed by atoms with E-state index in [2.05, 4.69) is 42.6 Å². The molecule has 0 bridgehead atoms. The van der Waals surface area contributed by atoms with Crippen molar-refractivity contribution in [2.75, 3.05) is 10.7 Å². The Morgan fingerprint density at radius 1 is 1.05 bits per heavy atom. The Morgan fingerprint density at radius 2 is 1.67 bits per heavy atom. The number of amides is 1. The van der Waals surface area contributed by atoms with Gasteiger partial charge in [0, 0.05) is 8.95 Å². The molecule has 0 aliphatic carbocycles. The number of nitrogens with one attached hydrogen (secondary N) is 2. The average Bonchev–Trinajstić information content (AvgIpc) is 2.42. The van der Waals surface area contributed by atoms with Crippen molar-refractivity contribution in [2.24, 2.45) is 5.84 Å². The lowest BCUT2D eigenvalue weighted by Crippen LogP contribution is -2.18. The number of hydrogen-bond donors (Lipinski definition) is 3. The highest BCUT2D eigenvalue weighted by molar-refractivity contribution is 9.11. The van der Waals surface area contributed by atoms with E-state index in [4.69, 9.17) is 5.84 Å². The fourth-order valence-corrected chi connectivity index (χ4v) is 3.59. The number of hydrogen-bond acceptors (Lipinski definition) is 3. The Kier molecular flexibility index (Phi) is 5.03. The Hall–Kier alpha value is -1.37. The minimum atomic E-state index is -0.225. The molecule has 0 aliphatic heterocycles. The van der Waals surface area contributed by atoms with Crippen LogP contribution in [-0.4, -0.2) is 5.91 Å². The first-order valence-corrected chi connectivity index (χ1v) is 7.85. The molecule has 2 aromatic carbocycles. The summed E-state index contributed by atoms with van der Waals surface area (Å²) < 4.78 is 1.63. The molecule has 0 aromatic heterocycles. The highest BCUT2D eigenvalue weighted by Crippen LogP contribution is 2.33. The van der Waals surface area contributed by atoms with Gasteiger partial charge in [-0.05, 0) is 75.5 Å². The molecule has 4 N–H and O–H groups in total. The predicted molar refractivity (Wildman–Crippen MR) is 93.5 cm³/mol. The normalized spacial score (nSPS) is 10.3. The summed E-state index contributed by atoms with van der Waals surface area (Å²) in [5.74, 6) is 5.24. The monoisotopic (exact) mass is 411 g/mol. The van der Waals surface area contributed by atoms with E-state index in [-0.39, 0.29) is 5.91 Å². The van der Waals surface area contributed by atoms with Crippen molar-refractivity contribution in [1.29, 1.82) is 0 Å². The molecular weight excluding hydrogens is 398 g/mol. The minimum Gasteiger partial charge on any atom is -0.323 e. The van der Waals surface area contributed by atoms with Gasteiger partial charge in [0.15, 0.2) is 0 Å². The summed E-state index contributed by atoms with van der Waals surface area (Å²) in [7, 11) is 0. The standard InChI is InChI=1S/C15H15Br2N3O/c1-8-3-4-13(20-18)10(5-8)15(21)19-14-11(16)6-9(2)7-12(14)17/h3-7,20H,18H2,1-2H3,(H,19,21). The van der Waals surface area contributed by atoms with Crippen molar-refractivity contribution in [3.63, 3.8) is 0 Å². The maximum atomic E-state index is 12.5. The van der Waals surface area contributed by atoms with Gasteiger partial charge in [0.1, 0.15) is 0 Å². The smallest absolute Gasteiger partial charge is 0.257 e. The van der Waals surface area contributed by atoms with Crippen molar-refractivity contribution < 1.29 is 4.79 Å². The van der Waals surface area contributed by atoms with E-state index in [0.717, 1.165) is 20.1 Å². The lowest BCUT2D eigenvalue weighted by atomic mass is 10.1. The lowest BCUT2D eigenvalue weighted by Gasteiger charge is -2.13. The number of hydrazine groups is 1. The molecule has 110 valence electrons. The van der Waals surface area contributed by atoms with E-state index in [1.807, 2.05) is 32.0 Å². The molecule has 0 unspecified atom stereocenters. The molecular formula is C15H15Br2N3O. The molecule has 0 saturated carbocycles. The molecule has 0 spiro atoms. The molecule has 0 atom stereocenters. The molecule has 4 nitrogen and oxygen atoms in total. The molecule has 2 aromatic rings. The number of nitrogens with two attached hydrogens (primary N) is 1. The highest BCUT2D eigenvalue weighted by Gasteiger charge is 2.15. The first-order chi connectivity index (χ1) is 9.92. The van der Waals surface area contributed by atoms with E-state index < -0.39 is 0 Å². The summed E-state index contributed by atoms with van der Waals surface area (Å²) in [5.41, 5.74) is 6.39. The third kappa shape index (κ3) is 3.64. The summed E-state index contributed by atoms with van der Waals surface area (Å²) in [6.07, 6.45) is 0. The van der Waals surface area contributed by atoms with Crippen LogP contribution in [0, 0.1) is 13.8 Å². The topological polar surface area (TPSA) is 67.2 Å². The van der Waals surface area contributed by atoms with Gasteiger partial charge in [-0.2, -0.15) is 0 Å². The molecule has 0 radical (unpaired) electrons. The quantitative estimate of drug-likeness (QED) is 0.518. The third-order valence-corrected chi connectivity index (χ3v) is 4.25. The number of carbonyl (C=O) groups is 1. The van der Waals surface area contributed by atoms with Gasteiger partial charge in [-0.25, -0.2) is 0 Å². The Labute approximate surface area is 140 Å². The van der Waals surface area contributed by atoms with E-state index in [1.54, 1.807) is 12.1 Å². The van der Waals surface area contributed by atoms with E-state index in [0.29, 0.717) is 16.9 Å². The summed E-state index contributed by atoms with van der Waals surface area (Å²) in [6, 6.07) is 9.35. The molecule has 2 rings (SSSR count). The number of halogens is 2. The summed E-state index contributed by atoms with van der Waals surface area (Å²) in [5, 5.41) is 2.90. The molecule has 1 amide bonds. The largest absolute Gasteiger partial charge is 0.323 e. The van der Waals surface area contributed by atoms with Crippen LogP contribution < -0.4 is 16.6 Å². The van der Waals surface area contributed by atoms with Crippen LogP contribution in [0.15, 0.2) is 39.3 Å². The van der Waals surface area contributed by atoms with E-state index in [1.165, 1.54) is 0 Å². The number of rotatable bonds is 3. The minimum absolute atomic E-state index is 0.225. The van der Waals surface area contributed by atoms with E-state index >= 15 is 0 Å². The lowest BCUT2D eigenvalue weighted by molar-refractivity contribution is 0.102. The highest BCUT2D eigenvalue weighted by atomic mass is 79.9. The van der Waals surface area contributed by atoms with Gasteiger partial charge in [0.05, 0.1) is 16.9 Å². The van der Waals surface area contributed by atoms with Crippen molar-refractivity contribution in [2.45, 2.75) is 13.8 Å². The zero-order valence-corrected chi connectivity index (χ0v) is 14.8. The summed E-state index contributed by atoms with van der Waals surface area (Å²) in [6.45, 7) is 3.91. The van der Waals surface area contributed by atoms with Gasteiger partial charge in [-0.15, -0.1) is 0 Å². The third-order valence-electron chi connectivity index (χ3n) is 3.00. The first-order valence-electron chi connectivity index (χ1n) is 6.26. The molecule has 0 fully saturated rings. The van der Waals surface area contributed by atoms with Gasteiger partial charge < -0.3 is 10.7 Å². The number of benzene rings is 2. The van der Waals surface area contributed by atoms with Crippen LogP contribution in [0.1, 0.15) is 21.5 Å². The van der Waals surface area contributed by atoms with Crippen LogP contribution in [-0.2, 0) is 0 Å². The van der Waals surface area contributed by atoms with Gasteiger partial charge >= 0.3 is 0 Å². The van der Waals surface area contributed by atoms with Crippen molar-refractivity contribution >= 4 is 49.1 Å². The molecule has 6 heteroatoms. The van der Waals surface area contributed by atoms with Gasteiger partial charge in [0.2, 0.25) is 0 Å². The van der Waals surface area contributed by atoms with Crippen LogP contribution in [0.25, 0.3) is 0 Å². The second-order valence-corrected chi connectivity index (χ2v) is 6.46. The number of aryl methyl sites for hydroxylation is 2.